The van der Waals surface area contributed by atoms with Crippen molar-refractivity contribution in [2.75, 3.05) is 0 Å². The van der Waals surface area contributed by atoms with Gasteiger partial charge in [-0.3, -0.25) is 4.90 Å². The molecule has 3 rings (SSSR count). The van der Waals surface area contributed by atoms with Crippen LogP contribution in [0.15, 0.2) is 22.8 Å². The Bertz CT molecular complexity index is 505. The second-order valence-electron chi connectivity index (χ2n) is 6.96. The first kappa shape index (κ1) is 15.4. The van der Waals surface area contributed by atoms with Gasteiger partial charge in [-0.05, 0) is 38.3 Å². The Morgan fingerprint density at radius 1 is 1.36 bits per heavy atom. The highest BCUT2D eigenvalue weighted by Gasteiger charge is 2.51. The Hall–Kier alpha value is -1.49. The molecule has 1 N–H and O–H groups in total. The van der Waals surface area contributed by atoms with Crippen LogP contribution < -0.4 is 0 Å². The number of furan rings is 1. The molecule has 2 atom stereocenters. The second-order valence-corrected chi connectivity index (χ2v) is 6.96. The molecule has 0 radical (unpaired) electrons. The van der Waals surface area contributed by atoms with Gasteiger partial charge in [-0.25, -0.2) is 4.79 Å². The van der Waals surface area contributed by atoms with E-state index in [1.807, 2.05) is 26.0 Å². The van der Waals surface area contributed by atoms with Crippen LogP contribution >= 0.6 is 0 Å². The third-order valence-electron chi connectivity index (χ3n) is 5.01. The van der Waals surface area contributed by atoms with Crippen LogP contribution in [0.5, 0.6) is 0 Å². The monoisotopic (exact) mass is 307 g/mol. The molecule has 0 aromatic carbocycles. The standard InChI is InChI=1S/C17H25NO4/c1-17(2)18(16(19)20)13(11-12-7-4-3-5-8-12)15(22-17)14-9-6-10-21-14/h6,9-10,12-13,15H,3-5,7-8,11H2,1-2H3,(H,19,20)/t13-,15+/m0/s1. The molecule has 1 saturated heterocycles. The normalized spacial score (nSPS) is 28.9. The molecule has 5 nitrogen and oxygen atoms in total. The van der Waals surface area contributed by atoms with Crippen molar-refractivity contribution in [3.8, 4) is 0 Å². The minimum absolute atomic E-state index is 0.179. The summed E-state index contributed by atoms with van der Waals surface area (Å²) in [6.45, 7) is 3.63. The second kappa shape index (κ2) is 5.95. The quantitative estimate of drug-likeness (QED) is 0.898. The fourth-order valence-corrected chi connectivity index (χ4v) is 4.05. The van der Waals surface area contributed by atoms with Crippen LogP contribution in [-0.4, -0.2) is 27.9 Å². The number of hydrogen-bond acceptors (Lipinski definition) is 3. The zero-order valence-corrected chi connectivity index (χ0v) is 13.3. The van der Waals surface area contributed by atoms with E-state index in [9.17, 15) is 9.90 Å². The lowest BCUT2D eigenvalue weighted by Crippen LogP contribution is -2.47. The van der Waals surface area contributed by atoms with Crippen molar-refractivity contribution >= 4 is 6.09 Å². The number of rotatable bonds is 3. The molecule has 1 aliphatic heterocycles. The van der Waals surface area contributed by atoms with Gasteiger partial charge in [0.1, 0.15) is 17.6 Å². The molecule has 2 heterocycles. The number of carbonyl (C=O) groups is 1. The lowest BCUT2D eigenvalue weighted by molar-refractivity contribution is -0.0718. The molecule has 1 aromatic heterocycles. The van der Waals surface area contributed by atoms with Crippen LogP contribution in [0.2, 0.25) is 0 Å². The van der Waals surface area contributed by atoms with Gasteiger partial charge >= 0.3 is 6.09 Å². The van der Waals surface area contributed by atoms with E-state index in [4.69, 9.17) is 9.15 Å². The fourth-order valence-electron chi connectivity index (χ4n) is 4.05. The molecule has 122 valence electrons. The van der Waals surface area contributed by atoms with Crippen molar-refractivity contribution in [3.63, 3.8) is 0 Å². The largest absolute Gasteiger partial charge is 0.466 e. The summed E-state index contributed by atoms with van der Waals surface area (Å²) in [5.41, 5.74) is -0.831. The molecule has 22 heavy (non-hydrogen) atoms. The van der Waals surface area contributed by atoms with Crippen LogP contribution in [0.1, 0.15) is 64.2 Å². The molecular formula is C17H25NO4. The van der Waals surface area contributed by atoms with E-state index >= 15 is 0 Å². The van der Waals surface area contributed by atoms with Gasteiger partial charge in [0.15, 0.2) is 0 Å². The maximum atomic E-state index is 11.8. The molecule has 2 fully saturated rings. The van der Waals surface area contributed by atoms with Crippen LogP contribution in [0.4, 0.5) is 4.79 Å². The predicted octanol–water partition coefficient (Wildman–Crippen LogP) is 4.41. The first-order chi connectivity index (χ1) is 10.5. The number of amides is 1. The van der Waals surface area contributed by atoms with Crippen LogP contribution in [0.3, 0.4) is 0 Å². The lowest BCUT2D eigenvalue weighted by Gasteiger charge is -2.33. The van der Waals surface area contributed by atoms with Crippen LogP contribution in [0.25, 0.3) is 0 Å². The van der Waals surface area contributed by atoms with E-state index in [-0.39, 0.29) is 12.1 Å². The van der Waals surface area contributed by atoms with E-state index in [2.05, 4.69) is 0 Å². The Kier molecular flexibility index (Phi) is 4.17. The SMILES string of the molecule is CC1(C)O[C@@H](c2ccco2)[C@H](CC2CCCCC2)N1C(=O)O. The van der Waals surface area contributed by atoms with E-state index in [1.54, 1.807) is 6.26 Å². The van der Waals surface area contributed by atoms with E-state index in [1.165, 1.54) is 37.0 Å². The highest BCUT2D eigenvalue weighted by molar-refractivity contribution is 5.67. The first-order valence-electron chi connectivity index (χ1n) is 8.22. The zero-order chi connectivity index (χ0) is 15.7. The third kappa shape index (κ3) is 2.86. The summed E-state index contributed by atoms with van der Waals surface area (Å²) in [7, 11) is 0. The minimum Gasteiger partial charge on any atom is -0.466 e. The average molecular weight is 307 g/mol. The van der Waals surface area contributed by atoms with Gasteiger partial charge in [-0.1, -0.05) is 32.1 Å². The fraction of sp³-hybridized carbons (Fsp3) is 0.706. The summed E-state index contributed by atoms with van der Waals surface area (Å²) >= 11 is 0. The summed E-state index contributed by atoms with van der Waals surface area (Å²) in [6.07, 6.45) is 7.41. The molecule has 1 aliphatic carbocycles. The number of carboxylic acid groups (broad SMARTS) is 1. The number of nitrogens with zero attached hydrogens (tertiary/aromatic N) is 1. The minimum atomic E-state index is -0.917. The molecule has 0 unspecified atom stereocenters. The highest BCUT2D eigenvalue weighted by atomic mass is 16.6. The van der Waals surface area contributed by atoms with Crippen LogP contribution in [-0.2, 0) is 4.74 Å². The van der Waals surface area contributed by atoms with Gasteiger partial charge in [0.2, 0.25) is 0 Å². The van der Waals surface area contributed by atoms with Gasteiger partial charge in [0, 0.05) is 0 Å². The molecule has 5 heteroatoms. The maximum absolute atomic E-state index is 11.8. The van der Waals surface area contributed by atoms with Crippen molar-refractivity contribution in [3.05, 3.63) is 24.2 Å². The summed E-state index contributed by atoms with van der Waals surface area (Å²) in [5.74, 6) is 1.30. The van der Waals surface area contributed by atoms with Gasteiger partial charge in [-0.15, -0.1) is 0 Å². The lowest BCUT2D eigenvalue weighted by atomic mass is 9.83. The first-order valence-corrected chi connectivity index (χ1v) is 8.22. The zero-order valence-electron chi connectivity index (χ0n) is 13.3. The van der Waals surface area contributed by atoms with Crippen molar-refractivity contribution in [1.29, 1.82) is 0 Å². The van der Waals surface area contributed by atoms with E-state index < -0.39 is 11.8 Å². The van der Waals surface area contributed by atoms with E-state index in [0.29, 0.717) is 5.92 Å². The Balaban J connectivity index is 1.86. The molecule has 1 amide bonds. The molecule has 1 saturated carbocycles. The summed E-state index contributed by atoms with van der Waals surface area (Å²) < 4.78 is 11.6. The summed E-state index contributed by atoms with van der Waals surface area (Å²) in [4.78, 5) is 13.3. The molecule has 0 bridgehead atoms. The maximum Gasteiger partial charge on any atom is 0.409 e. The van der Waals surface area contributed by atoms with E-state index in [0.717, 1.165) is 12.2 Å². The van der Waals surface area contributed by atoms with Crippen molar-refractivity contribution in [1.82, 2.24) is 4.90 Å². The Labute approximate surface area is 131 Å². The molecule has 1 aromatic rings. The van der Waals surface area contributed by atoms with Crippen LogP contribution in [0, 0.1) is 5.92 Å². The number of hydrogen-bond donors (Lipinski definition) is 1. The predicted molar refractivity (Wildman–Crippen MR) is 81.5 cm³/mol. The van der Waals surface area contributed by atoms with Crippen molar-refractivity contribution in [2.45, 2.75) is 70.2 Å². The Morgan fingerprint density at radius 3 is 2.68 bits per heavy atom. The Morgan fingerprint density at radius 2 is 2.09 bits per heavy atom. The smallest absolute Gasteiger partial charge is 0.409 e. The topological polar surface area (TPSA) is 62.9 Å². The van der Waals surface area contributed by atoms with Crippen molar-refractivity contribution < 1.29 is 19.1 Å². The van der Waals surface area contributed by atoms with Gasteiger partial charge < -0.3 is 14.3 Å². The average Bonchev–Trinajstić information content (AvgIpc) is 3.06. The summed E-state index contributed by atoms with van der Waals surface area (Å²) in [6, 6.07) is 3.52. The van der Waals surface area contributed by atoms with Gasteiger partial charge in [0.25, 0.3) is 0 Å². The third-order valence-corrected chi connectivity index (χ3v) is 5.01. The molecule has 2 aliphatic rings. The molecular weight excluding hydrogens is 282 g/mol. The molecule has 0 spiro atoms. The van der Waals surface area contributed by atoms with Crippen molar-refractivity contribution in [2.24, 2.45) is 5.92 Å². The van der Waals surface area contributed by atoms with Gasteiger partial charge in [-0.2, -0.15) is 0 Å². The van der Waals surface area contributed by atoms with Gasteiger partial charge in [0.05, 0.1) is 12.3 Å². The summed E-state index contributed by atoms with van der Waals surface area (Å²) in [5, 5.41) is 9.68. The number of ether oxygens (including phenoxy) is 1. The highest BCUT2D eigenvalue weighted by Crippen LogP contribution is 2.45.